The number of carbonyl (C=O) groups excluding carboxylic acids is 1. The first kappa shape index (κ1) is 16.5. The van der Waals surface area contributed by atoms with Crippen molar-refractivity contribution in [2.75, 3.05) is 26.2 Å². The molecule has 1 amide bonds. The van der Waals surface area contributed by atoms with Gasteiger partial charge in [0.05, 0.1) is 12.5 Å². The molecule has 1 fully saturated rings. The minimum Gasteiger partial charge on any atom is -0.383 e. The second-order valence-corrected chi connectivity index (χ2v) is 7.56. The van der Waals surface area contributed by atoms with Crippen LogP contribution < -0.4 is 5.32 Å². The highest BCUT2D eigenvalue weighted by Crippen LogP contribution is 2.25. The Morgan fingerprint density at radius 3 is 3.00 bits per heavy atom. The lowest BCUT2D eigenvalue weighted by Crippen LogP contribution is -2.41. The van der Waals surface area contributed by atoms with E-state index in [-0.39, 0.29) is 18.4 Å². The number of thiophene rings is 1. The Bertz CT molecular complexity index is 457. The fraction of sp³-hybridized carbons (Fsp3) is 0.688. The SMILES string of the molecule is CC(C)CN1CCC(C(=O)NCC(C)(O)c2cccs2)C1. The van der Waals surface area contributed by atoms with Gasteiger partial charge in [-0.15, -0.1) is 11.3 Å². The normalized spacial score (nSPS) is 22.4. The van der Waals surface area contributed by atoms with E-state index in [1.54, 1.807) is 6.92 Å². The third-order valence-corrected chi connectivity index (χ3v) is 5.05. The summed E-state index contributed by atoms with van der Waals surface area (Å²) in [6.45, 7) is 9.31. The van der Waals surface area contributed by atoms with Crippen LogP contribution in [0.25, 0.3) is 0 Å². The quantitative estimate of drug-likeness (QED) is 0.845. The maximum atomic E-state index is 12.2. The van der Waals surface area contributed by atoms with Crippen molar-refractivity contribution in [3.63, 3.8) is 0 Å². The van der Waals surface area contributed by atoms with Crippen LogP contribution in [0.5, 0.6) is 0 Å². The monoisotopic (exact) mass is 310 g/mol. The Morgan fingerprint density at radius 2 is 2.38 bits per heavy atom. The summed E-state index contributed by atoms with van der Waals surface area (Å²) in [5, 5.41) is 15.3. The van der Waals surface area contributed by atoms with Crippen molar-refractivity contribution in [1.29, 1.82) is 0 Å². The van der Waals surface area contributed by atoms with Crippen molar-refractivity contribution in [3.05, 3.63) is 22.4 Å². The van der Waals surface area contributed by atoms with Crippen LogP contribution in [0.4, 0.5) is 0 Å². The summed E-state index contributed by atoms with van der Waals surface area (Å²) in [4.78, 5) is 15.5. The molecule has 0 aliphatic carbocycles. The van der Waals surface area contributed by atoms with E-state index in [4.69, 9.17) is 0 Å². The highest BCUT2D eigenvalue weighted by atomic mass is 32.1. The molecule has 5 heteroatoms. The standard InChI is InChI=1S/C16H26N2O2S/c1-12(2)9-18-7-6-13(10-18)15(19)17-11-16(3,20)14-5-4-8-21-14/h4-5,8,12-13,20H,6-7,9-11H2,1-3H3,(H,17,19). The van der Waals surface area contributed by atoms with Crippen LogP contribution in [0.2, 0.25) is 0 Å². The van der Waals surface area contributed by atoms with Gasteiger partial charge in [0.15, 0.2) is 0 Å². The van der Waals surface area contributed by atoms with Crippen LogP contribution in [0, 0.1) is 11.8 Å². The van der Waals surface area contributed by atoms with Gasteiger partial charge < -0.3 is 15.3 Å². The molecular formula is C16H26N2O2S. The van der Waals surface area contributed by atoms with Crippen molar-refractivity contribution >= 4 is 17.2 Å². The number of carbonyl (C=O) groups is 1. The van der Waals surface area contributed by atoms with Crippen molar-refractivity contribution in [2.45, 2.75) is 32.8 Å². The molecule has 0 bridgehead atoms. The maximum Gasteiger partial charge on any atom is 0.224 e. The van der Waals surface area contributed by atoms with Crippen LogP contribution in [0.15, 0.2) is 17.5 Å². The summed E-state index contributed by atoms with van der Waals surface area (Å²) < 4.78 is 0. The Hall–Kier alpha value is -0.910. The first-order valence-corrected chi connectivity index (χ1v) is 8.53. The predicted octanol–water partition coefficient (Wildman–Crippen LogP) is 2.05. The fourth-order valence-corrected chi connectivity index (χ4v) is 3.59. The predicted molar refractivity (Wildman–Crippen MR) is 86.3 cm³/mol. The van der Waals surface area contributed by atoms with Crippen molar-refractivity contribution < 1.29 is 9.90 Å². The Labute approximate surface area is 131 Å². The molecule has 0 aromatic carbocycles. The van der Waals surface area contributed by atoms with E-state index in [0.29, 0.717) is 5.92 Å². The van der Waals surface area contributed by atoms with Gasteiger partial charge in [-0.05, 0) is 37.3 Å². The number of aliphatic hydroxyl groups is 1. The van der Waals surface area contributed by atoms with Crippen molar-refractivity contribution in [1.82, 2.24) is 10.2 Å². The summed E-state index contributed by atoms with van der Waals surface area (Å²) in [6, 6.07) is 3.81. The van der Waals surface area contributed by atoms with Gasteiger partial charge in [-0.25, -0.2) is 0 Å². The lowest BCUT2D eigenvalue weighted by molar-refractivity contribution is -0.125. The summed E-state index contributed by atoms with van der Waals surface area (Å²) in [5.74, 6) is 0.757. The van der Waals surface area contributed by atoms with E-state index >= 15 is 0 Å². The second kappa shape index (κ2) is 6.90. The number of hydrogen-bond acceptors (Lipinski definition) is 4. The number of hydrogen-bond donors (Lipinski definition) is 2. The highest BCUT2D eigenvalue weighted by Gasteiger charge is 2.30. The lowest BCUT2D eigenvalue weighted by atomic mass is 10.0. The fourth-order valence-electron chi connectivity index (χ4n) is 2.80. The first-order valence-electron chi connectivity index (χ1n) is 7.65. The summed E-state index contributed by atoms with van der Waals surface area (Å²) in [6.07, 6.45) is 0.916. The summed E-state index contributed by atoms with van der Waals surface area (Å²) in [5.41, 5.74) is -0.986. The minimum atomic E-state index is -0.986. The molecule has 21 heavy (non-hydrogen) atoms. The zero-order valence-electron chi connectivity index (χ0n) is 13.1. The molecule has 1 aromatic rings. The topological polar surface area (TPSA) is 52.6 Å². The molecule has 0 saturated carbocycles. The van der Waals surface area contributed by atoms with Crippen LogP contribution in [-0.2, 0) is 10.4 Å². The molecule has 1 aliphatic heterocycles. The molecule has 2 atom stereocenters. The number of nitrogens with zero attached hydrogens (tertiary/aromatic N) is 1. The number of nitrogens with one attached hydrogen (secondary N) is 1. The van der Waals surface area contributed by atoms with Gasteiger partial charge in [0.1, 0.15) is 5.60 Å². The zero-order chi connectivity index (χ0) is 15.5. The van der Waals surface area contributed by atoms with E-state index in [1.165, 1.54) is 11.3 Å². The van der Waals surface area contributed by atoms with E-state index < -0.39 is 5.60 Å². The van der Waals surface area contributed by atoms with Gasteiger partial charge in [0, 0.05) is 18.0 Å². The Kier molecular flexibility index (Phi) is 5.41. The van der Waals surface area contributed by atoms with E-state index in [2.05, 4.69) is 24.1 Å². The molecule has 0 radical (unpaired) electrons. The minimum absolute atomic E-state index is 0.0582. The Balaban J connectivity index is 1.80. The molecule has 2 unspecified atom stereocenters. The average molecular weight is 310 g/mol. The first-order chi connectivity index (χ1) is 9.88. The molecule has 0 spiro atoms. The van der Waals surface area contributed by atoms with Crippen LogP contribution in [-0.4, -0.2) is 42.1 Å². The molecule has 4 nitrogen and oxygen atoms in total. The van der Waals surface area contributed by atoms with Crippen molar-refractivity contribution in [2.24, 2.45) is 11.8 Å². The van der Waals surface area contributed by atoms with Gasteiger partial charge in [0.25, 0.3) is 0 Å². The maximum absolute atomic E-state index is 12.2. The molecule has 1 saturated heterocycles. The van der Waals surface area contributed by atoms with Gasteiger partial charge in [-0.3, -0.25) is 4.79 Å². The highest BCUT2D eigenvalue weighted by molar-refractivity contribution is 7.10. The number of likely N-dealkylation sites (tertiary alicyclic amines) is 1. The molecule has 2 rings (SSSR count). The molecule has 2 heterocycles. The molecule has 118 valence electrons. The smallest absolute Gasteiger partial charge is 0.224 e. The van der Waals surface area contributed by atoms with Crippen molar-refractivity contribution in [3.8, 4) is 0 Å². The van der Waals surface area contributed by atoms with Gasteiger partial charge in [-0.2, -0.15) is 0 Å². The number of amides is 1. The second-order valence-electron chi connectivity index (χ2n) is 6.61. The van der Waals surface area contributed by atoms with Gasteiger partial charge >= 0.3 is 0 Å². The molecule has 1 aliphatic rings. The van der Waals surface area contributed by atoms with Gasteiger partial charge in [0.2, 0.25) is 5.91 Å². The van der Waals surface area contributed by atoms with E-state index in [0.717, 1.165) is 30.9 Å². The van der Waals surface area contributed by atoms with E-state index in [9.17, 15) is 9.90 Å². The molecule has 1 aromatic heterocycles. The third kappa shape index (κ3) is 4.53. The number of rotatable bonds is 6. The van der Waals surface area contributed by atoms with Crippen LogP contribution in [0.3, 0.4) is 0 Å². The lowest BCUT2D eigenvalue weighted by Gasteiger charge is -2.23. The zero-order valence-corrected chi connectivity index (χ0v) is 13.9. The van der Waals surface area contributed by atoms with Crippen LogP contribution >= 0.6 is 11.3 Å². The average Bonchev–Trinajstić information content (AvgIpc) is 3.06. The summed E-state index contributed by atoms with van der Waals surface area (Å²) in [7, 11) is 0. The van der Waals surface area contributed by atoms with Gasteiger partial charge in [-0.1, -0.05) is 19.9 Å². The molecular weight excluding hydrogens is 284 g/mol. The van der Waals surface area contributed by atoms with Crippen LogP contribution in [0.1, 0.15) is 32.1 Å². The van der Waals surface area contributed by atoms with E-state index in [1.807, 2.05) is 17.5 Å². The molecule has 2 N–H and O–H groups in total. The third-order valence-electron chi connectivity index (χ3n) is 3.93. The Morgan fingerprint density at radius 1 is 1.62 bits per heavy atom. The summed E-state index contributed by atoms with van der Waals surface area (Å²) >= 11 is 1.51. The largest absolute Gasteiger partial charge is 0.383 e.